The molecule has 1 N–H and O–H groups in total. The number of nitrogens with one attached hydrogen (secondary N) is 1. The van der Waals surface area contributed by atoms with Crippen LogP contribution >= 0.6 is 12.2 Å². The Labute approximate surface area is 127 Å². The van der Waals surface area contributed by atoms with Crippen molar-refractivity contribution in [2.45, 2.75) is 32.6 Å². The number of H-pyrrole nitrogens is 1. The van der Waals surface area contributed by atoms with E-state index in [4.69, 9.17) is 21.6 Å². The van der Waals surface area contributed by atoms with Gasteiger partial charge < -0.3 is 4.42 Å². The highest BCUT2D eigenvalue weighted by Gasteiger charge is 2.23. The molecule has 0 spiro atoms. The fourth-order valence-electron chi connectivity index (χ4n) is 3.21. The smallest absolute Gasteiger partial charge is 0.284 e. The van der Waals surface area contributed by atoms with Crippen molar-refractivity contribution >= 4 is 23.1 Å². The Hall–Kier alpha value is -2.01. The molecule has 0 unspecified atom stereocenters. The van der Waals surface area contributed by atoms with Crippen LogP contribution in [0.2, 0.25) is 0 Å². The lowest BCUT2D eigenvalue weighted by atomic mass is 9.98. The average Bonchev–Trinajstić information content (AvgIpc) is 3.12. The van der Waals surface area contributed by atoms with Crippen molar-refractivity contribution in [1.82, 2.24) is 15.2 Å². The van der Waals surface area contributed by atoms with Crippen LogP contribution in [0, 0.1) is 4.84 Å². The van der Waals surface area contributed by atoms with Crippen molar-refractivity contribution in [1.29, 1.82) is 0 Å². The van der Waals surface area contributed by atoms with Gasteiger partial charge in [-0.15, -0.1) is 5.10 Å². The second-order valence-corrected chi connectivity index (χ2v) is 5.72. The summed E-state index contributed by atoms with van der Waals surface area (Å²) in [7, 11) is 0. The van der Waals surface area contributed by atoms with Crippen LogP contribution in [0.3, 0.4) is 0 Å². The Bertz CT molecular complexity index is 894. The molecule has 0 saturated heterocycles. The summed E-state index contributed by atoms with van der Waals surface area (Å²) in [5.41, 5.74) is 5.84. The molecule has 5 heteroatoms. The monoisotopic (exact) mass is 297 g/mol. The number of para-hydroxylation sites is 1. The quantitative estimate of drug-likeness (QED) is 0.726. The third-order valence-corrected chi connectivity index (χ3v) is 4.33. The first kappa shape index (κ1) is 12.7. The van der Waals surface area contributed by atoms with E-state index in [1.807, 2.05) is 0 Å². The van der Waals surface area contributed by atoms with Gasteiger partial charge in [0.1, 0.15) is 0 Å². The number of hydrogen-bond acceptors (Lipinski definition) is 4. The van der Waals surface area contributed by atoms with Crippen LogP contribution < -0.4 is 0 Å². The van der Waals surface area contributed by atoms with Crippen molar-refractivity contribution in [3.63, 3.8) is 0 Å². The Morgan fingerprint density at radius 2 is 2.24 bits per heavy atom. The minimum absolute atomic E-state index is 0.313. The molecule has 3 aromatic rings. The topological polar surface area (TPSA) is 54.7 Å². The van der Waals surface area contributed by atoms with Gasteiger partial charge in [0.25, 0.3) is 4.84 Å². The summed E-state index contributed by atoms with van der Waals surface area (Å²) in [5.74, 6) is 0.582. The third-order valence-electron chi connectivity index (χ3n) is 4.16. The summed E-state index contributed by atoms with van der Waals surface area (Å²) in [4.78, 5) is 5.23. The lowest BCUT2D eigenvalue weighted by molar-refractivity contribution is 0.552. The molecule has 0 bridgehead atoms. The molecule has 0 radical (unpaired) electrons. The van der Waals surface area contributed by atoms with Crippen molar-refractivity contribution in [3.8, 4) is 11.5 Å². The van der Waals surface area contributed by atoms with Crippen LogP contribution in [-0.2, 0) is 19.3 Å². The van der Waals surface area contributed by atoms with Gasteiger partial charge in [-0.2, -0.15) is 0 Å². The lowest BCUT2D eigenvalue weighted by Gasteiger charge is -2.11. The van der Waals surface area contributed by atoms with Crippen molar-refractivity contribution in [2.24, 2.45) is 0 Å². The van der Waals surface area contributed by atoms with Crippen LogP contribution in [0.25, 0.3) is 22.4 Å². The van der Waals surface area contributed by atoms with E-state index in [1.54, 1.807) is 0 Å². The molecule has 2 aromatic heterocycles. The number of benzene rings is 1. The zero-order valence-electron chi connectivity index (χ0n) is 11.8. The van der Waals surface area contributed by atoms with Gasteiger partial charge in [0.2, 0.25) is 5.89 Å². The molecule has 0 atom stereocenters. The minimum atomic E-state index is 0.313. The van der Waals surface area contributed by atoms with Gasteiger partial charge in [-0.05, 0) is 49.0 Å². The largest absolute Gasteiger partial charge is 0.409 e. The summed E-state index contributed by atoms with van der Waals surface area (Å²) in [6.07, 6.45) is 4.16. The van der Waals surface area contributed by atoms with E-state index >= 15 is 0 Å². The summed E-state index contributed by atoms with van der Waals surface area (Å²) >= 11 is 5.03. The molecule has 0 amide bonds. The number of hydrogen-bond donors (Lipinski definition) is 1. The molecule has 0 aliphatic heterocycles. The van der Waals surface area contributed by atoms with E-state index in [9.17, 15) is 0 Å². The number of nitrogens with zero attached hydrogens (tertiary/aromatic N) is 2. The maximum absolute atomic E-state index is 5.60. The van der Waals surface area contributed by atoms with Crippen LogP contribution in [0.4, 0.5) is 0 Å². The van der Waals surface area contributed by atoms with Crippen LogP contribution in [0.15, 0.2) is 22.6 Å². The van der Waals surface area contributed by atoms with Gasteiger partial charge in [-0.25, -0.2) is 5.10 Å². The normalized spacial score (nSPS) is 13.8. The zero-order chi connectivity index (χ0) is 14.4. The highest BCUT2D eigenvalue weighted by molar-refractivity contribution is 7.71. The number of aromatic amines is 1. The van der Waals surface area contributed by atoms with Gasteiger partial charge in [0.05, 0.1) is 11.1 Å². The minimum Gasteiger partial charge on any atom is -0.409 e. The predicted octanol–water partition coefficient (Wildman–Crippen LogP) is 4.00. The molecule has 1 aromatic carbocycles. The van der Waals surface area contributed by atoms with Crippen molar-refractivity contribution < 1.29 is 4.42 Å². The Balaban J connectivity index is 2.14. The van der Waals surface area contributed by atoms with Crippen molar-refractivity contribution in [3.05, 3.63) is 39.9 Å². The van der Waals surface area contributed by atoms with Gasteiger partial charge in [0.15, 0.2) is 0 Å². The van der Waals surface area contributed by atoms with Gasteiger partial charge >= 0.3 is 0 Å². The van der Waals surface area contributed by atoms with E-state index in [-0.39, 0.29) is 0 Å². The summed E-state index contributed by atoms with van der Waals surface area (Å²) in [6, 6.07) is 6.32. The van der Waals surface area contributed by atoms with E-state index in [0.717, 1.165) is 42.1 Å². The standard InChI is InChI=1S/C16H15N3OS/c1-2-9-5-3-7-11-13(15-18-19-16(21)20-15)10-6-4-8-12(10)17-14(9)11/h3,5,7H,2,4,6,8H2,1H3,(H,19,21). The number of rotatable bonds is 2. The summed E-state index contributed by atoms with van der Waals surface area (Å²) in [5, 5.41) is 8.09. The molecule has 4 nitrogen and oxygen atoms in total. The van der Waals surface area contributed by atoms with E-state index < -0.39 is 0 Å². The van der Waals surface area contributed by atoms with E-state index in [1.165, 1.54) is 16.8 Å². The predicted molar refractivity (Wildman–Crippen MR) is 83.8 cm³/mol. The molecule has 0 fully saturated rings. The maximum Gasteiger partial charge on any atom is 0.284 e. The number of aromatic nitrogens is 3. The Kier molecular flexibility index (Phi) is 2.89. The van der Waals surface area contributed by atoms with E-state index in [0.29, 0.717) is 10.7 Å². The van der Waals surface area contributed by atoms with Crippen LogP contribution in [0.1, 0.15) is 30.2 Å². The fourth-order valence-corrected chi connectivity index (χ4v) is 3.33. The van der Waals surface area contributed by atoms with Gasteiger partial charge in [-0.1, -0.05) is 25.1 Å². The first-order valence-electron chi connectivity index (χ1n) is 7.27. The molecule has 1 aliphatic rings. The molecular weight excluding hydrogens is 282 g/mol. The van der Waals surface area contributed by atoms with Gasteiger partial charge in [0, 0.05) is 11.1 Å². The highest BCUT2D eigenvalue weighted by atomic mass is 32.1. The summed E-state index contributed by atoms with van der Waals surface area (Å²) < 4.78 is 5.60. The number of aryl methyl sites for hydroxylation is 2. The molecule has 2 heterocycles. The molecule has 0 saturated carbocycles. The van der Waals surface area contributed by atoms with Crippen LogP contribution in [-0.4, -0.2) is 15.2 Å². The van der Waals surface area contributed by atoms with Crippen LogP contribution in [0.5, 0.6) is 0 Å². The lowest BCUT2D eigenvalue weighted by Crippen LogP contribution is -1.98. The molecule has 21 heavy (non-hydrogen) atoms. The molecule has 1 aliphatic carbocycles. The highest BCUT2D eigenvalue weighted by Crippen LogP contribution is 2.37. The molecule has 4 rings (SSSR count). The molecule has 106 valence electrons. The first-order valence-corrected chi connectivity index (χ1v) is 7.68. The second kappa shape index (κ2) is 4.77. The fraction of sp³-hybridized carbons (Fsp3) is 0.312. The zero-order valence-corrected chi connectivity index (χ0v) is 12.6. The number of pyridine rings is 1. The first-order chi connectivity index (χ1) is 10.3. The Morgan fingerprint density at radius 3 is 3.00 bits per heavy atom. The number of fused-ring (bicyclic) bond motifs is 2. The molecular formula is C16H15N3OS. The Morgan fingerprint density at radius 1 is 1.33 bits per heavy atom. The second-order valence-electron chi connectivity index (χ2n) is 5.35. The van der Waals surface area contributed by atoms with Crippen molar-refractivity contribution in [2.75, 3.05) is 0 Å². The maximum atomic E-state index is 5.60. The van der Waals surface area contributed by atoms with Gasteiger partial charge in [-0.3, -0.25) is 4.98 Å². The van der Waals surface area contributed by atoms with E-state index in [2.05, 4.69) is 35.3 Å². The average molecular weight is 297 g/mol. The summed E-state index contributed by atoms with van der Waals surface area (Å²) in [6.45, 7) is 2.16. The SMILES string of the molecule is CCc1cccc2c(-c3n[nH]c(=S)o3)c3c(nc12)CCC3. The third kappa shape index (κ3) is 1.92.